The standard InChI is InChI=1S/C12H12N4OS/c13-12(18)15-11(17)10-2-1-7-16(10)8-9-3-5-14-6-4-9/h1-7H,8H2,(H3,13,15,17,18). The molecule has 2 rings (SSSR count). The van der Waals surface area contributed by atoms with Gasteiger partial charge in [0.25, 0.3) is 5.91 Å². The molecule has 0 unspecified atom stereocenters. The van der Waals surface area contributed by atoms with Crippen LogP contribution in [0.15, 0.2) is 42.9 Å². The Balaban J connectivity index is 2.18. The second-order valence-corrected chi connectivity index (χ2v) is 4.13. The number of amides is 1. The quantitative estimate of drug-likeness (QED) is 0.804. The lowest BCUT2D eigenvalue weighted by molar-refractivity contribution is 0.0969. The maximum Gasteiger partial charge on any atom is 0.274 e. The van der Waals surface area contributed by atoms with E-state index in [0.29, 0.717) is 12.2 Å². The van der Waals surface area contributed by atoms with Crippen LogP contribution in [-0.4, -0.2) is 20.6 Å². The van der Waals surface area contributed by atoms with E-state index in [1.54, 1.807) is 24.5 Å². The molecule has 0 aliphatic rings. The van der Waals surface area contributed by atoms with Crippen LogP contribution in [0.3, 0.4) is 0 Å². The van der Waals surface area contributed by atoms with Gasteiger partial charge in [-0.1, -0.05) is 0 Å². The van der Waals surface area contributed by atoms with Crippen molar-refractivity contribution in [1.82, 2.24) is 14.9 Å². The molecule has 18 heavy (non-hydrogen) atoms. The SMILES string of the molecule is NC(=S)NC(=O)c1cccn1Cc1ccncc1. The summed E-state index contributed by atoms with van der Waals surface area (Å²) < 4.78 is 1.82. The number of rotatable bonds is 3. The second kappa shape index (κ2) is 5.42. The molecule has 1 amide bonds. The first-order valence-electron chi connectivity index (χ1n) is 5.31. The van der Waals surface area contributed by atoms with Crippen molar-refractivity contribution >= 4 is 23.2 Å². The Bertz CT molecular complexity index is 564. The van der Waals surface area contributed by atoms with Crippen LogP contribution in [0.2, 0.25) is 0 Å². The molecule has 0 aliphatic carbocycles. The van der Waals surface area contributed by atoms with E-state index in [-0.39, 0.29) is 11.0 Å². The average molecular weight is 260 g/mol. The summed E-state index contributed by atoms with van der Waals surface area (Å²) in [4.78, 5) is 15.8. The van der Waals surface area contributed by atoms with Crippen molar-refractivity contribution < 1.29 is 4.79 Å². The summed E-state index contributed by atoms with van der Waals surface area (Å²) >= 11 is 4.65. The summed E-state index contributed by atoms with van der Waals surface area (Å²) in [6.07, 6.45) is 5.26. The van der Waals surface area contributed by atoms with Crippen LogP contribution < -0.4 is 11.1 Å². The highest BCUT2D eigenvalue weighted by atomic mass is 32.1. The second-order valence-electron chi connectivity index (χ2n) is 3.70. The molecule has 2 aromatic rings. The maximum atomic E-state index is 11.8. The molecule has 92 valence electrons. The number of nitrogens with two attached hydrogens (primary N) is 1. The van der Waals surface area contributed by atoms with Crippen LogP contribution >= 0.6 is 12.2 Å². The van der Waals surface area contributed by atoms with Crippen LogP contribution in [0.4, 0.5) is 0 Å². The summed E-state index contributed by atoms with van der Waals surface area (Å²) in [6, 6.07) is 7.31. The maximum absolute atomic E-state index is 11.8. The first-order valence-corrected chi connectivity index (χ1v) is 5.72. The van der Waals surface area contributed by atoms with Crippen molar-refractivity contribution in [3.8, 4) is 0 Å². The lowest BCUT2D eigenvalue weighted by atomic mass is 10.2. The van der Waals surface area contributed by atoms with Crippen LogP contribution in [0, 0.1) is 0 Å². The number of nitrogens with one attached hydrogen (secondary N) is 1. The summed E-state index contributed by atoms with van der Waals surface area (Å²) in [7, 11) is 0. The number of pyridine rings is 1. The number of carbonyl (C=O) groups is 1. The third kappa shape index (κ3) is 2.92. The lowest BCUT2D eigenvalue weighted by Gasteiger charge is -2.08. The molecule has 0 radical (unpaired) electrons. The van der Waals surface area contributed by atoms with Gasteiger partial charge in [0.05, 0.1) is 0 Å². The molecular weight excluding hydrogens is 248 g/mol. The van der Waals surface area contributed by atoms with E-state index in [1.807, 2.05) is 22.9 Å². The van der Waals surface area contributed by atoms with Gasteiger partial charge in [-0.3, -0.25) is 15.1 Å². The van der Waals surface area contributed by atoms with Gasteiger partial charge < -0.3 is 10.3 Å². The van der Waals surface area contributed by atoms with Crippen molar-refractivity contribution in [1.29, 1.82) is 0 Å². The molecule has 0 atom stereocenters. The number of hydrogen-bond acceptors (Lipinski definition) is 3. The molecule has 0 spiro atoms. The first kappa shape index (κ1) is 12.3. The monoisotopic (exact) mass is 260 g/mol. The van der Waals surface area contributed by atoms with Gasteiger partial charge in [0, 0.05) is 25.1 Å². The fraction of sp³-hybridized carbons (Fsp3) is 0.0833. The van der Waals surface area contributed by atoms with E-state index in [4.69, 9.17) is 5.73 Å². The third-order valence-corrected chi connectivity index (χ3v) is 2.50. The summed E-state index contributed by atoms with van der Waals surface area (Å²) in [5.41, 5.74) is 6.86. The number of aromatic nitrogens is 2. The Morgan fingerprint density at radius 1 is 1.39 bits per heavy atom. The predicted molar refractivity (Wildman–Crippen MR) is 72.0 cm³/mol. The van der Waals surface area contributed by atoms with E-state index < -0.39 is 0 Å². The third-order valence-electron chi connectivity index (χ3n) is 2.40. The highest BCUT2D eigenvalue weighted by Gasteiger charge is 2.11. The Hall–Kier alpha value is -2.21. The van der Waals surface area contributed by atoms with Gasteiger partial charge in [0.1, 0.15) is 5.69 Å². The lowest BCUT2D eigenvalue weighted by Crippen LogP contribution is -2.35. The predicted octanol–water partition coefficient (Wildman–Crippen LogP) is 0.905. The van der Waals surface area contributed by atoms with E-state index in [9.17, 15) is 4.79 Å². The van der Waals surface area contributed by atoms with Crippen LogP contribution in [0.1, 0.15) is 16.1 Å². The summed E-state index contributed by atoms with van der Waals surface area (Å²) in [6.45, 7) is 0.593. The first-order chi connectivity index (χ1) is 8.66. The Labute approximate surface area is 110 Å². The normalized spacial score (nSPS) is 10.0. The van der Waals surface area contributed by atoms with Gasteiger partial charge in [-0.25, -0.2) is 0 Å². The smallest absolute Gasteiger partial charge is 0.274 e. The number of carbonyl (C=O) groups excluding carboxylic acids is 1. The fourth-order valence-corrected chi connectivity index (χ4v) is 1.71. The largest absolute Gasteiger partial charge is 0.376 e. The molecule has 5 nitrogen and oxygen atoms in total. The van der Waals surface area contributed by atoms with Crippen molar-refractivity contribution in [2.45, 2.75) is 6.54 Å². The van der Waals surface area contributed by atoms with E-state index in [1.165, 1.54) is 0 Å². The highest BCUT2D eigenvalue weighted by molar-refractivity contribution is 7.80. The van der Waals surface area contributed by atoms with Gasteiger partial charge in [0.2, 0.25) is 0 Å². The summed E-state index contributed by atoms with van der Waals surface area (Å²) in [5, 5.41) is 2.38. The minimum Gasteiger partial charge on any atom is -0.376 e. The van der Waals surface area contributed by atoms with Crippen molar-refractivity contribution in [3.05, 3.63) is 54.1 Å². The Morgan fingerprint density at radius 3 is 2.78 bits per heavy atom. The zero-order chi connectivity index (χ0) is 13.0. The topological polar surface area (TPSA) is 72.9 Å². The van der Waals surface area contributed by atoms with E-state index in [0.717, 1.165) is 5.56 Å². The van der Waals surface area contributed by atoms with Gasteiger partial charge in [-0.15, -0.1) is 0 Å². The Kier molecular flexibility index (Phi) is 3.69. The summed E-state index contributed by atoms with van der Waals surface area (Å²) in [5.74, 6) is -0.304. The molecule has 0 bridgehead atoms. The minimum absolute atomic E-state index is 0.0309. The van der Waals surface area contributed by atoms with E-state index in [2.05, 4.69) is 22.5 Å². The van der Waals surface area contributed by atoms with Gasteiger partial charge in [-0.2, -0.15) is 0 Å². The molecule has 3 N–H and O–H groups in total. The van der Waals surface area contributed by atoms with Crippen molar-refractivity contribution in [2.24, 2.45) is 5.73 Å². The van der Waals surface area contributed by atoms with Crippen molar-refractivity contribution in [2.75, 3.05) is 0 Å². The molecule has 0 fully saturated rings. The Morgan fingerprint density at radius 2 is 2.11 bits per heavy atom. The zero-order valence-corrected chi connectivity index (χ0v) is 10.4. The molecule has 0 aliphatic heterocycles. The molecule has 2 heterocycles. The van der Waals surface area contributed by atoms with Gasteiger partial charge in [-0.05, 0) is 42.0 Å². The molecule has 6 heteroatoms. The fourth-order valence-electron chi connectivity index (χ4n) is 1.62. The average Bonchev–Trinajstić information content (AvgIpc) is 2.77. The highest BCUT2D eigenvalue weighted by Crippen LogP contribution is 2.07. The zero-order valence-electron chi connectivity index (χ0n) is 9.54. The number of hydrogen-bond donors (Lipinski definition) is 2. The van der Waals surface area contributed by atoms with Gasteiger partial charge >= 0.3 is 0 Å². The molecule has 0 aromatic carbocycles. The molecule has 0 saturated carbocycles. The number of nitrogens with zero attached hydrogens (tertiary/aromatic N) is 2. The van der Waals surface area contributed by atoms with Crippen LogP contribution in [-0.2, 0) is 6.54 Å². The molecule has 2 aromatic heterocycles. The van der Waals surface area contributed by atoms with Gasteiger partial charge in [0.15, 0.2) is 5.11 Å². The van der Waals surface area contributed by atoms with E-state index >= 15 is 0 Å². The minimum atomic E-state index is -0.304. The molecular formula is C12H12N4OS. The number of thiocarbonyl (C=S) groups is 1. The molecule has 0 saturated heterocycles. The van der Waals surface area contributed by atoms with Crippen molar-refractivity contribution in [3.63, 3.8) is 0 Å². The van der Waals surface area contributed by atoms with Crippen LogP contribution in [0.25, 0.3) is 0 Å². The van der Waals surface area contributed by atoms with Crippen LogP contribution in [0.5, 0.6) is 0 Å².